The van der Waals surface area contributed by atoms with Crippen LogP contribution in [0, 0.1) is 0 Å². The maximum absolute atomic E-state index is 11.9. The van der Waals surface area contributed by atoms with Crippen LogP contribution in [0.4, 0.5) is 0 Å². The average Bonchev–Trinajstić information content (AvgIpc) is 2.69. The second-order valence-electron chi connectivity index (χ2n) is 5.80. The minimum absolute atomic E-state index is 0.0826. The Morgan fingerprint density at radius 1 is 0.621 bits per heavy atom. The van der Waals surface area contributed by atoms with Gasteiger partial charge in [-0.05, 0) is 24.3 Å². The molecular weight excluding hydrogens is 400 g/mol. The van der Waals surface area contributed by atoms with Gasteiger partial charge in [0, 0.05) is 0 Å². The van der Waals surface area contributed by atoms with Crippen molar-refractivity contribution in [2.75, 3.05) is 37.9 Å². The van der Waals surface area contributed by atoms with E-state index in [4.69, 9.17) is 18.9 Å². The van der Waals surface area contributed by atoms with Crippen LogP contribution in [-0.4, -0.2) is 58.3 Å². The summed E-state index contributed by atoms with van der Waals surface area (Å²) in [5, 5.41) is 0. The van der Waals surface area contributed by atoms with E-state index in [0.717, 1.165) is 0 Å². The van der Waals surface area contributed by atoms with Gasteiger partial charge in [-0.3, -0.25) is 9.59 Å². The molecule has 156 valence electrons. The summed E-state index contributed by atoms with van der Waals surface area (Å²) in [6.07, 6.45) is 0. The lowest BCUT2D eigenvalue weighted by Crippen LogP contribution is -2.27. The van der Waals surface area contributed by atoms with Gasteiger partial charge < -0.3 is 18.9 Å². The van der Waals surface area contributed by atoms with Crippen molar-refractivity contribution in [1.82, 2.24) is 0 Å². The predicted octanol–water partition coefficient (Wildman–Crippen LogP) is 1.65. The Balaban J connectivity index is 1.59. The van der Waals surface area contributed by atoms with E-state index in [1.807, 2.05) is 12.1 Å². The van der Waals surface area contributed by atoms with Crippen LogP contribution in [0.25, 0.3) is 0 Å². The first kappa shape index (κ1) is 22.2. The molecule has 0 saturated heterocycles. The molecule has 0 heterocycles. The quantitative estimate of drug-likeness (QED) is 0.376. The molecule has 2 rings (SSSR count). The first-order valence-electron chi connectivity index (χ1n) is 8.82. The fraction of sp³-hybridized carbons (Fsp3) is 0.300. The van der Waals surface area contributed by atoms with E-state index in [1.165, 1.54) is 0 Å². The number of rotatable bonds is 12. The first-order valence-corrected chi connectivity index (χ1v) is 10.6. The zero-order chi connectivity index (χ0) is 21.0. The van der Waals surface area contributed by atoms with Crippen molar-refractivity contribution < 1.29 is 37.0 Å². The van der Waals surface area contributed by atoms with Crippen LogP contribution in [-0.2, 0) is 28.9 Å². The zero-order valence-electron chi connectivity index (χ0n) is 15.7. The number of benzene rings is 2. The molecule has 0 radical (unpaired) electrons. The van der Waals surface area contributed by atoms with E-state index >= 15 is 0 Å². The van der Waals surface area contributed by atoms with Crippen molar-refractivity contribution in [3.63, 3.8) is 0 Å². The molecule has 0 atom stereocenters. The van der Waals surface area contributed by atoms with Crippen molar-refractivity contribution >= 4 is 21.8 Å². The van der Waals surface area contributed by atoms with Gasteiger partial charge in [0.15, 0.2) is 9.84 Å². The van der Waals surface area contributed by atoms with Crippen LogP contribution >= 0.6 is 0 Å². The minimum Gasteiger partial charge on any atom is -0.490 e. The highest BCUT2D eigenvalue weighted by molar-refractivity contribution is 7.92. The number of ether oxygens (including phenoxy) is 4. The summed E-state index contributed by atoms with van der Waals surface area (Å²) < 4.78 is 44.1. The molecule has 0 aliphatic heterocycles. The van der Waals surface area contributed by atoms with Crippen LogP contribution in [0.3, 0.4) is 0 Å². The van der Waals surface area contributed by atoms with E-state index in [1.54, 1.807) is 48.5 Å². The number of carbonyl (C=O) groups excluding carboxylic acids is 2. The van der Waals surface area contributed by atoms with Crippen molar-refractivity contribution in [3.05, 3.63) is 60.7 Å². The van der Waals surface area contributed by atoms with Gasteiger partial charge in [-0.2, -0.15) is 0 Å². The molecule has 0 spiro atoms. The normalized spacial score (nSPS) is 10.8. The largest absolute Gasteiger partial charge is 0.490 e. The third-order valence-electron chi connectivity index (χ3n) is 3.39. The monoisotopic (exact) mass is 422 g/mol. The van der Waals surface area contributed by atoms with Crippen LogP contribution in [0.2, 0.25) is 0 Å². The van der Waals surface area contributed by atoms with Gasteiger partial charge in [0.05, 0.1) is 0 Å². The number of hydrogen-bond acceptors (Lipinski definition) is 8. The average molecular weight is 422 g/mol. The van der Waals surface area contributed by atoms with E-state index in [-0.39, 0.29) is 26.4 Å². The summed E-state index contributed by atoms with van der Waals surface area (Å²) in [4.78, 5) is 23.3. The SMILES string of the molecule is O=C(CS(=O)(=O)CC(=O)OCCOc1ccccc1)OCCOc1ccccc1. The fourth-order valence-electron chi connectivity index (χ4n) is 2.16. The molecule has 0 aromatic heterocycles. The number of hydrogen-bond donors (Lipinski definition) is 0. The van der Waals surface area contributed by atoms with Gasteiger partial charge in [0.25, 0.3) is 0 Å². The standard InChI is InChI=1S/C20H22O8S/c21-19(27-13-11-25-17-7-3-1-4-8-17)15-29(23,24)16-20(22)28-14-12-26-18-9-5-2-6-10-18/h1-10H,11-16H2. The number of sulfone groups is 1. The Morgan fingerprint density at radius 2 is 1.00 bits per heavy atom. The van der Waals surface area contributed by atoms with Crippen molar-refractivity contribution in [2.24, 2.45) is 0 Å². The zero-order valence-corrected chi connectivity index (χ0v) is 16.5. The molecule has 2 aromatic carbocycles. The summed E-state index contributed by atoms with van der Waals surface area (Å²) in [6, 6.07) is 17.8. The van der Waals surface area contributed by atoms with Crippen LogP contribution in [0.15, 0.2) is 60.7 Å². The maximum Gasteiger partial charge on any atom is 0.321 e. The van der Waals surface area contributed by atoms with Gasteiger partial charge in [-0.1, -0.05) is 36.4 Å². The van der Waals surface area contributed by atoms with Crippen LogP contribution in [0.5, 0.6) is 11.5 Å². The summed E-state index contributed by atoms with van der Waals surface area (Å²) in [6.45, 7) is -0.0481. The first-order chi connectivity index (χ1) is 13.9. The fourth-order valence-corrected chi connectivity index (χ4v) is 3.14. The Hall–Kier alpha value is -3.07. The molecule has 0 N–H and O–H groups in total. The van der Waals surface area contributed by atoms with Gasteiger partial charge in [0.2, 0.25) is 0 Å². The molecule has 0 unspecified atom stereocenters. The molecule has 0 aliphatic rings. The smallest absolute Gasteiger partial charge is 0.321 e. The summed E-state index contributed by atoms with van der Waals surface area (Å²) in [5.74, 6) is -2.52. The molecule has 9 heteroatoms. The maximum atomic E-state index is 11.9. The molecule has 29 heavy (non-hydrogen) atoms. The Bertz CT molecular complexity index is 798. The Kier molecular flexibility index (Phi) is 8.97. The highest BCUT2D eigenvalue weighted by Gasteiger charge is 2.22. The second kappa shape index (κ2) is 11.7. The van der Waals surface area contributed by atoms with Crippen molar-refractivity contribution in [1.29, 1.82) is 0 Å². The summed E-state index contributed by atoms with van der Waals surface area (Å²) >= 11 is 0. The van der Waals surface area contributed by atoms with Gasteiger partial charge >= 0.3 is 11.9 Å². The van der Waals surface area contributed by atoms with Crippen LogP contribution in [0.1, 0.15) is 0 Å². The third-order valence-corrected chi connectivity index (χ3v) is 4.74. The van der Waals surface area contributed by atoms with Crippen molar-refractivity contribution in [2.45, 2.75) is 0 Å². The lowest BCUT2D eigenvalue weighted by atomic mass is 10.3. The summed E-state index contributed by atoms with van der Waals surface area (Å²) in [5.41, 5.74) is 0. The lowest BCUT2D eigenvalue weighted by Gasteiger charge is -2.09. The Labute approximate surface area is 169 Å². The molecule has 0 saturated carbocycles. The van der Waals surface area contributed by atoms with Gasteiger partial charge in [-0.15, -0.1) is 0 Å². The van der Waals surface area contributed by atoms with Crippen molar-refractivity contribution in [3.8, 4) is 11.5 Å². The number of carbonyl (C=O) groups is 2. The van der Waals surface area contributed by atoms with Gasteiger partial charge in [0.1, 0.15) is 49.4 Å². The molecule has 0 amide bonds. The summed E-state index contributed by atoms with van der Waals surface area (Å²) in [7, 11) is -3.99. The minimum atomic E-state index is -3.99. The Morgan fingerprint density at radius 3 is 1.38 bits per heavy atom. The molecule has 0 bridgehead atoms. The number of para-hydroxylation sites is 2. The third kappa shape index (κ3) is 9.61. The molecule has 2 aromatic rings. The topological polar surface area (TPSA) is 105 Å². The molecule has 8 nitrogen and oxygen atoms in total. The highest BCUT2D eigenvalue weighted by Crippen LogP contribution is 2.08. The van der Waals surface area contributed by atoms with E-state index in [0.29, 0.717) is 11.5 Å². The predicted molar refractivity (Wildman–Crippen MR) is 104 cm³/mol. The second-order valence-corrected chi connectivity index (χ2v) is 7.86. The van der Waals surface area contributed by atoms with E-state index in [9.17, 15) is 18.0 Å². The number of esters is 2. The lowest BCUT2D eigenvalue weighted by molar-refractivity contribution is -0.141. The van der Waals surface area contributed by atoms with E-state index in [2.05, 4.69) is 0 Å². The molecule has 0 aliphatic carbocycles. The van der Waals surface area contributed by atoms with Gasteiger partial charge in [-0.25, -0.2) is 8.42 Å². The highest BCUT2D eigenvalue weighted by atomic mass is 32.2. The van der Waals surface area contributed by atoms with E-state index < -0.39 is 33.3 Å². The molecular formula is C20H22O8S. The van der Waals surface area contributed by atoms with Crippen LogP contribution < -0.4 is 9.47 Å². The molecule has 0 fully saturated rings.